The Kier molecular flexibility index (Phi) is 2.72. The van der Waals surface area contributed by atoms with Crippen molar-refractivity contribution < 1.29 is 9.84 Å². The lowest BCUT2D eigenvalue weighted by Gasteiger charge is -2.19. The Balaban J connectivity index is 3.76. The molecule has 0 heterocycles. The molecule has 0 aliphatic carbocycles. The second-order valence-corrected chi connectivity index (χ2v) is 1.88. The van der Waals surface area contributed by atoms with Crippen LogP contribution >= 0.6 is 0 Å². The van der Waals surface area contributed by atoms with Crippen molar-refractivity contribution in [3.05, 3.63) is 12.7 Å². The van der Waals surface area contributed by atoms with Gasteiger partial charge in [-0.25, -0.2) is 0 Å². The van der Waals surface area contributed by atoms with Gasteiger partial charge in [0.15, 0.2) is 0 Å². The van der Waals surface area contributed by atoms with Crippen molar-refractivity contribution in [1.29, 1.82) is 0 Å². The molecule has 0 saturated heterocycles. The molecule has 1 N–H and O–H groups in total. The molecule has 0 bridgehead atoms. The molecule has 8 heavy (non-hydrogen) atoms. The van der Waals surface area contributed by atoms with Gasteiger partial charge in [-0.2, -0.15) is 0 Å². The fourth-order valence-corrected chi connectivity index (χ4v) is 0.212. The van der Waals surface area contributed by atoms with Gasteiger partial charge in [0.1, 0.15) is 5.60 Å². The fourth-order valence-electron chi connectivity index (χ4n) is 0.212. The summed E-state index contributed by atoms with van der Waals surface area (Å²) >= 11 is 0. The molecule has 0 aromatic heterocycles. The molecule has 2 heteroatoms. The molecular formula is C6H12O2. The van der Waals surface area contributed by atoms with Gasteiger partial charge >= 0.3 is 0 Å². The molecule has 0 fully saturated rings. The van der Waals surface area contributed by atoms with E-state index in [4.69, 9.17) is 9.84 Å². The Hall–Kier alpha value is -0.340. The quantitative estimate of drug-likeness (QED) is 0.546. The third-order valence-corrected chi connectivity index (χ3v) is 1.21. The zero-order chi connectivity index (χ0) is 6.62. The maximum absolute atomic E-state index is 8.59. The highest BCUT2D eigenvalue weighted by molar-refractivity contribution is 4.92. The summed E-state index contributed by atoms with van der Waals surface area (Å²) < 4.78 is 4.87. The van der Waals surface area contributed by atoms with E-state index in [9.17, 15) is 0 Å². The van der Waals surface area contributed by atoms with Crippen LogP contribution in [-0.4, -0.2) is 24.4 Å². The molecule has 0 aromatic carbocycles. The fraction of sp³-hybridized carbons (Fsp3) is 0.667. The van der Waals surface area contributed by atoms with Crippen molar-refractivity contribution in [1.82, 2.24) is 0 Å². The lowest BCUT2D eigenvalue weighted by molar-refractivity contribution is 0.000709. The van der Waals surface area contributed by atoms with Gasteiger partial charge in [0.05, 0.1) is 6.61 Å². The second kappa shape index (κ2) is 2.84. The summed E-state index contributed by atoms with van der Waals surface area (Å²) in [5.74, 6) is 0. The molecule has 1 atom stereocenters. The molecular weight excluding hydrogens is 104 g/mol. The topological polar surface area (TPSA) is 29.5 Å². The van der Waals surface area contributed by atoms with E-state index in [0.717, 1.165) is 0 Å². The molecule has 0 aliphatic rings. The summed E-state index contributed by atoms with van der Waals surface area (Å²) in [4.78, 5) is 0. The minimum Gasteiger partial charge on any atom is -0.393 e. The molecule has 0 unspecified atom stereocenters. The van der Waals surface area contributed by atoms with Crippen LogP contribution in [0.3, 0.4) is 0 Å². The highest BCUT2D eigenvalue weighted by Gasteiger charge is 2.15. The number of hydrogen-bond donors (Lipinski definition) is 1. The van der Waals surface area contributed by atoms with Gasteiger partial charge in [-0.3, -0.25) is 0 Å². The van der Waals surface area contributed by atoms with Crippen LogP contribution in [0.15, 0.2) is 12.7 Å². The number of hydrogen-bond acceptors (Lipinski definition) is 2. The van der Waals surface area contributed by atoms with Crippen LogP contribution in [0.25, 0.3) is 0 Å². The van der Waals surface area contributed by atoms with E-state index in [1.54, 1.807) is 13.0 Å². The molecule has 0 rings (SSSR count). The molecule has 0 saturated carbocycles. The first-order chi connectivity index (χ1) is 3.68. The smallest absolute Gasteiger partial charge is 0.106 e. The van der Waals surface area contributed by atoms with E-state index < -0.39 is 5.60 Å². The molecule has 0 spiro atoms. The van der Waals surface area contributed by atoms with Crippen LogP contribution in [0.1, 0.15) is 6.92 Å². The van der Waals surface area contributed by atoms with Gasteiger partial charge in [-0.1, -0.05) is 6.08 Å². The van der Waals surface area contributed by atoms with Crippen molar-refractivity contribution in [2.75, 3.05) is 13.7 Å². The predicted molar refractivity (Wildman–Crippen MR) is 32.7 cm³/mol. The Labute approximate surface area is 49.8 Å². The first-order valence-electron chi connectivity index (χ1n) is 2.48. The summed E-state index contributed by atoms with van der Waals surface area (Å²) in [6.45, 7) is 5.23. The summed E-state index contributed by atoms with van der Waals surface area (Å²) in [6, 6.07) is 0. The molecule has 0 aromatic rings. The van der Waals surface area contributed by atoms with Crippen LogP contribution in [0.2, 0.25) is 0 Å². The van der Waals surface area contributed by atoms with Crippen molar-refractivity contribution in [3.63, 3.8) is 0 Å². The Morgan fingerprint density at radius 2 is 2.38 bits per heavy atom. The lowest BCUT2D eigenvalue weighted by Crippen LogP contribution is -2.28. The summed E-state index contributed by atoms with van der Waals surface area (Å²) in [6.07, 6.45) is 1.58. The maximum Gasteiger partial charge on any atom is 0.106 e. The summed E-state index contributed by atoms with van der Waals surface area (Å²) in [7, 11) is 1.54. The van der Waals surface area contributed by atoms with E-state index >= 15 is 0 Å². The maximum atomic E-state index is 8.59. The normalized spacial score (nSPS) is 17.4. The predicted octanol–water partition coefficient (Wildman–Crippen LogP) is 0.570. The standard InChI is InChI=1S/C6H12O2/c1-4-6(2,5-7)8-3/h4,7H,1,5H2,2-3H3/t6-/m1/s1. The average molecular weight is 116 g/mol. The minimum atomic E-state index is -0.556. The molecule has 48 valence electrons. The minimum absolute atomic E-state index is 0.0208. The SMILES string of the molecule is C=C[C@](C)(CO)OC. The van der Waals surface area contributed by atoms with E-state index in [1.165, 1.54) is 7.11 Å². The van der Waals surface area contributed by atoms with Crippen LogP contribution in [0.4, 0.5) is 0 Å². The zero-order valence-corrected chi connectivity index (χ0v) is 5.35. The first kappa shape index (κ1) is 7.66. The van der Waals surface area contributed by atoms with Crippen molar-refractivity contribution in [3.8, 4) is 0 Å². The van der Waals surface area contributed by atoms with Crippen molar-refractivity contribution in [2.45, 2.75) is 12.5 Å². The van der Waals surface area contributed by atoms with Gasteiger partial charge in [0.2, 0.25) is 0 Å². The van der Waals surface area contributed by atoms with E-state index in [2.05, 4.69) is 6.58 Å². The van der Waals surface area contributed by atoms with E-state index in [-0.39, 0.29) is 6.61 Å². The first-order valence-corrected chi connectivity index (χ1v) is 2.48. The number of methoxy groups -OCH3 is 1. The van der Waals surface area contributed by atoms with E-state index in [0.29, 0.717) is 0 Å². The third kappa shape index (κ3) is 1.64. The van der Waals surface area contributed by atoms with Crippen LogP contribution in [0, 0.1) is 0 Å². The van der Waals surface area contributed by atoms with Gasteiger partial charge in [0, 0.05) is 7.11 Å². The van der Waals surface area contributed by atoms with Gasteiger partial charge in [-0.05, 0) is 6.92 Å². The van der Waals surface area contributed by atoms with Gasteiger partial charge in [-0.15, -0.1) is 6.58 Å². The highest BCUT2D eigenvalue weighted by atomic mass is 16.5. The third-order valence-electron chi connectivity index (χ3n) is 1.21. The number of rotatable bonds is 3. The van der Waals surface area contributed by atoms with Crippen LogP contribution < -0.4 is 0 Å². The molecule has 0 amide bonds. The van der Waals surface area contributed by atoms with Crippen LogP contribution in [0.5, 0.6) is 0 Å². The Bertz CT molecular complexity index is 74.6. The lowest BCUT2D eigenvalue weighted by atomic mass is 10.1. The van der Waals surface area contributed by atoms with E-state index in [1.807, 2.05) is 0 Å². The number of aliphatic hydroxyl groups is 1. The summed E-state index contributed by atoms with van der Waals surface area (Å²) in [5, 5.41) is 8.59. The molecule has 2 nitrogen and oxygen atoms in total. The summed E-state index contributed by atoms with van der Waals surface area (Å²) in [5.41, 5.74) is -0.556. The van der Waals surface area contributed by atoms with Crippen LogP contribution in [-0.2, 0) is 4.74 Å². The number of aliphatic hydroxyl groups excluding tert-OH is 1. The monoisotopic (exact) mass is 116 g/mol. The largest absolute Gasteiger partial charge is 0.393 e. The molecule has 0 aliphatic heterocycles. The number of ether oxygens (including phenoxy) is 1. The van der Waals surface area contributed by atoms with Crippen molar-refractivity contribution >= 4 is 0 Å². The Morgan fingerprint density at radius 3 is 2.38 bits per heavy atom. The average Bonchev–Trinajstić information content (AvgIpc) is 1.87. The van der Waals surface area contributed by atoms with Gasteiger partial charge in [0.25, 0.3) is 0 Å². The van der Waals surface area contributed by atoms with Crippen molar-refractivity contribution in [2.24, 2.45) is 0 Å². The molecule has 0 radical (unpaired) electrons. The van der Waals surface area contributed by atoms with Gasteiger partial charge < -0.3 is 9.84 Å². The Morgan fingerprint density at radius 1 is 1.88 bits per heavy atom. The second-order valence-electron chi connectivity index (χ2n) is 1.88. The highest BCUT2D eigenvalue weighted by Crippen LogP contribution is 2.06. The zero-order valence-electron chi connectivity index (χ0n) is 5.35.